The Kier molecular flexibility index (Phi) is 3.93. The lowest BCUT2D eigenvalue weighted by Gasteiger charge is -2.07. The summed E-state index contributed by atoms with van der Waals surface area (Å²) in [5.74, 6) is -0.258. The van der Waals surface area contributed by atoms with Gasteiger partial charge in [-0.25, -0.2) is 0 Å². The minimum Gasteiger partial charge on any atom is -0.459 e. The minimum atomic E-state index is -0.258. The fraction of sp³-hybridized carbons (Fsp3) is 0.118. The number of rotatable bonds is 4. The summed E-state index contributed by atoms with van der Waals surface area (Å²) in [4.78, 5) is 11.9. The van der Waals surface area contributed by atoms with E-state index in [0.29, 0.717) is 11.6 Å². The third kappa shape index (κ3) is 3.26. The summed E-state index contributed by atoms with van der Waals surface area (Å²) < 4.78 is 7.15. The maximum Gasteiger partial charge on any atom is 0.326 e. The molecule has 21 heavy (non-hydrogen) atoms. The number of fused-ring (bicyclic) bond motifs is 1. The van der Waals surface area contributed by atoms with Gasteiger partial charge in [0.25, 0.3) is 0 Å². The van der Waals surface area contributed by atoms with Crippen molar-refractivity contribution in [3.63, 3.8) is 0 Å². The summed E-state index contributed by atoms with van der Waals surface area (Å²) in [6.07, 6.45) is 1.87. The molecule has 0 saturated carbocycles. The summed E-state index contributed by atoms with van der Waals surface area (Å²) in [6, 6.07) is 17.2. The molecule has 0 bridgehead atoms. The van der Waals surface area contributed by atoms with Crippen molar-refractivity contribution in [3.8, 4) is 0 Å². The van der Waals surface area contributed by atoms with E-state index in [2.05, 4.69) is 0 Å². The van der Waals surface area contributed by atoms with Crippen LogP contribution in [0.1, 0.15) is 5.56 Å². The van der Waals surface area contributed by atoms with E-state index in [4.69, 9.17) is 16.3 Å². The van der Waals surface area contributed by atoms with Crippen molar-refractivity contribution < 1.29 is 9.53 Å². The number of esters is 1. The predicted octanol–water partition coefficient (Wildman–Crippen LogP) is 4.04. The highest BCUT2D eigenvalue weighted by Crippen LogP contribution is 2.20. The van der Waals surface area contributed by atoms with Crippen molar-refractivity contribution in [1.29, 1.82) is 0 Å². The zero-order chi connectivity index (χ0) is 14.7. The zero-order valence-electron chi connectivity index (χ0n) is 11.3. The van der Waals surface area contributed by atoms with E-state index < -0.39 is 0 Å². The number of benzene rings is 2. The van der Waals surface area contributed by atoms with Gasteiger partial charge in [0.15, 0.2) is 0 Å². The second kappa shape index (κ2) is 6.02. The molecule has 0 atom stereocenters. The van der Waals surface area contributed by atoms with E-state index >= 15 is 0 Å². The molecular formula is C17H14ClNO2. The fourth-order valence-electron chi connectivity index (χ4n) is 2.23. The van der Waals surface area contributed by atoms with Gasteiger partial charge in [0.05, 0.1) is 0 Å². The first-order valence-corrected chi connectivity index (χ1v) is 7.04. The molecule has 0 fully saturated rings. The molecule has 0 saturated heterocycles. The number of hydrogen-bond donors (Lipinski definition) is 0. The summed E-state index contributed by atoms with van der Waals surface area (Å²) in [5, 5.41) is 1.70. The van der Waals surface area contributed by atoms with Crippen LogP contribution in [-0.4, -0.2) is 10.5 Å². The number of carbonyl (C=O) groups is 1. The molecule has 0 unspecified atom stereocenters. The van der Waals surface area contributed by atoms with Gasteiger partial charge in [-0.3, -0.25) is 4.79 Å². The van der Waals surface area contributed by atoms with Crippen LogP contribution in [0.15, 0.2) is 60.8 Å². The van der Waals surface area contributed by atoms with Crippen LogP contribution in [0.2, 0.25) is 5.02 Å². The van der Waals surface area contributed by atoms with Crippen LogP contribution in [0.4, 0.5) is 0 Å². The number of carbonyl (C=O) groups excluding carboxylic acids is 1. The van der Waals surface area contributed by atoms with Crippen LogP contribution in [-0.2, 0) is 22.7 Å². The molecule has 3 aromatic rings. The number of hydrogen-bond acceptors (Lipinski definition) is 2. The second-order valence-electron chi connectivity index (χ2n) is 4.79. The van der Waals surface area contributed by atoms with Gasteiger partial charge < -0.3 is 9.30 Å². The van der Waals surface area contributed by atoms with Gasteiger partial charge in [0.2, 0.25) is 0 Å². The minimum absolute atomic E-state index is 0.192. The van der Waals surface area contributed by atoms with Crippen molar-refractivity contribution in [3.05, 3.63) is 71.4 Å². The van der Waals surface area contributed by atoms with Crippen molar-refractivity contribution in [2.75, 3.05) is 0 Å². The van der Waals surface area contributed by atoms with Gasteiger partial charge in [-0.05, 0) is 29.8 Å². The molecule has 0 aliphatic rings. The Labute approximate surface area is 127 Å². The quantitative estimate of drug-likeness (QED) is 0.681. The van der Waals surface area contributed by atoms with E-state index in [1.807, 2.05) is 65.4 Å². The molecule has 0 amide bonds. The normalized spacial score (nSPS) is 10.7. The van der Waals surface area contributed by atoms with E-state index in [1.165, 1.54) is 0 Å². The lowest BCUT2D eigenvalue weighted by atomic mass is 10.2. The highest BCUT2D eigenvalue weighted by atomic mass is 35.5. The SMILES string of the molecule is O=C(Cn1ccc2cc(Cl)ccc21)OCc1ccccc1. The summed E-state index contributed by atoms with van der Waals surface area (Å²) in [6.45, 7) is 0.489. The van der Waals surface area contributed by atoms with E-state index in [-0.39, 0.29) is 12.5 Å². The van der Waals surface area contributed by atoms with Gasteiger partial charge in [-0.15, -0.1) is 0 Å². The van der Waals surface area contributed by atoms with Crippen LogP contribution in [0.3, 0.4) is 0 Å². The van der Waals surface area contributed by atoms with Gasteiger partial charge in [0.1, 0.15) is 13.2 Å². The Morgan fingerprint density at radius 3 is 2.71 bits per heavy atom. The average Bonchev–Trinajstić information content (AvgIpc) is 2.88. The molecule has 0 spiro atoms. The first kappa shape index (κ1) is 13.7. The molecule has 3 rings (SSSR count). The molecule has 4 heteroatoms. The number of halogens is 1. The summed E-state index contributed by atoms with van der Waals surface area (Å²) in [5.41, 5.74) is 1.95. The summed E-state index contributed by atoms with van der Waals surface area (Å²) in [7, 11) is 0. The Bertz CT molecular complexity index is 765. The largest absolute Gasteiger partial charge is 0.459 e. The topological polar surface area (TPSA) is 31.2 Å². The van der Waals surface area contributed by atoms with Crippen LogP contribution >= 0.6 is 11.6 Å². The number of aromatic nitrogens is 1. The van der Waals surface area contributed by atoms with Crippen molar-refractivity contribution in [2.45, 2.75) is 13.2 Å². The number of ether oxygens (including phenoxy) is 1. The molecule has 0 aliphatic carbocycles. The van der Waals surface area contributed by atoms with Gasteiger partial charge in [0, 0.05) is 22.1 Å². The monoisotopic (exact) mass is 299 g/mol. The lowest BCUT2D eigenvalue weighted by Crippen LogP contribution is -2.12. The van der Waals surface area contributed by atoms with Crippen molar-refractivity contribution in [1.82, 2.24) is 4.57 Å². The Morgan fingerprint density at radius 2 is 1.90 bits per heavy atom. The second-order valence-corrected chi connectivity index (χ2v) is 5.23. The van der Waals surface area contributed by atoms with Crippen LogP contribution in [0.5, 0.6) is 0 Å². The summed E-state index contributed by atoms with van der Waals surface area (Å²) >= 11 is 5.95. The predicted molar refractivity (Wildman–Crippen MR) is 83.2 cm³/mol. The molecule has 0 N–H and O–H groups in total. The molecule has 3 nitrogen and oxygen atoms in total. The Hall–Kier alpha value is -2.26. The van der Waals surface area contributed by atoms with E-state index in [1.54, 1.807) is 0 Å². The Balaban J connectivity index is 1.66. The smallest absolute Gasteiger partial charge is 0.326 e. The molecule has 106 valence electrons. The molecule has 2 aromatic carbocycles. The average molecular weight is 300 g/mol. The van der Waals surface area contributed by atoms with Crippen LogP contribution in [0.25, 0.3) is 10.9 Å². The van der Waals surface area contributed by atoms with Crippen molar-refractivity contribution in [2.24, 2.45) is 0 Å². The fourth-order valence-corrected chi connectivity index (χ4v) is 2.41. The molecule has 0 aliphatic heterocycles. The molecule has 0 radical (unpaired) electrons. The van der Waals surface area contributed by atoms with E-state index in [9.17, 15) is 4.79 Å². The number of nitrogens with zero attached hydrogens (tertiary/aromatic N) is 1. The van der Waals surface area contributed by atoms with Crippen LogP contribution in [0, 0.1) is 0 Å². The first-order chi connectivity index (χ1) is 10.2. The van der Waals surface area contributed by atoms with Gasteiger partial charge in [-0.2, -0.15) is 0 Å². The standard InChI is InChI=1S/C17H14ClNO2/c18-15-6-7-16-14(10-15)8-9-19(16)11-17(20)21-12-13-4-2-1-3-5-13/h1-10H,11-12H2. The van der Waals surface area contributed by atoms with Gasteiger partial charge in [-0.1, -0.05) is 41.9 Å². The zero-order valence-corrected chi connectivity index (χ0v) is 12.1. The molecule has 1 heterocycles. The third-order valence-electron chi connectivity index (χ3n) is 3.28. The lowest BCUT2D eigenvalue weighted by molar-refractivity contribution is -0.145. The maximum atomic E-state index is 11.9. The molecular weight excluding hydrogens is 286 g/mol. The van der Waals surface area contributed by atoms with Crippen LogP contribution < -0.4 is 0 Å². The third-order valence-corrected chi connectivity index (χ3v) is 3.51. The van der Waals surface area contributed by atoms with E-state index in [0.717, 1.165) is 16.5 Å². The van der Waals surface area contributed by atoms with Gasteiger partial charge >= 0.3 is 5.97 Å². The Morgan fingerprint density at radius 1 is 1.10 bits per heavy atom. The highest BCUT2D eigenvalue weighted by Gasteiger charge is 2.08. The van der Waals surface area contributed by atoms with Crippen molar-refractivity contribution >= 4 is 28.5 Å². The first-order valence-electron chi connectivity index (χ1n) is 6.66. The maximum absolute atomic E-state index is 11.9. The molecule has 1 aromatic heterocycles. The highest BCUT2D eigenvalue weighted by molar-refractivity contribution is 6.31.